The second kappa shape index (κ2) is 8.33. The molecule has 1 N–H and O–H groups in total. The van der Waals surface area contributed by atoms with Crippen LogP contribution in [0.1, 0.15) is 24.8 Å². The molecule has 1 saturated heterocycles. The highest BCUT2D eigenvalue weighted by Crippen LogP contribution is 2.34. The van der Waals surface area contributed by atoms with Gasteiger partial charge < -0.3 is 10.1 Å². The molecule has 0 radical (unpaired) electrons. The van der Waals surface area contributed by atoms with Crippen LogP contribution in [-0.4, -0.2) is 41.7 Å². The normalized spacial score (nSPS) is 20.9. The Bertz CT molecular complexity index is 825. The molecule has 0 spiro atoms. The zero-order valence-electron chi connectivity index (χ0n) is 15.4. The molecule has 2 aliphatic rings. The highest BCUT2D eigenvalue weighted by Gasteiger charge is 2.46. The van der Waals surface area contributed by atoms with Gasteiger partial charge in [0.2, 0.25) is 11.8 Å². The van der Waals surface area contributed by atoms with Crippen molar-refractivity contribution in [1.82, 2.24) is 4.90 Å². The number of likely N-dealkylation sites (tertiary alicyclic amines) is 1. The van der Waals surface area contributed by atoms with Crippen molar-refractivity contribution in [2.45, 2.75) is 26.2 Å². The molecular weight excluding hydrogens is 367 g/mol. The number of anilines is 1. The fourth-order valence-electron chi connectivity index (χ4n) is 3.38. The van der Waals surface area contributed by atoms with Crippen molar-refractivity contribution >= 4 is 29.4 Å². The summed E-state index contributed by atoms with van der Waals surface area (Å²) in [6.07, 6.45) is 4.67. The molecule has 8 heteroatoms. The lowest BCUT2D eigenvalue weighted by atomic mass is 9.85. The van der Waals surface area contributed by atoms with E-state index in [9.17, 15) is 23.6 Å². The Morgan fingerprint density at radius 3 is 2.43 bits per heavy atom. The molecule has 0 unspecified atom stereocenters. The first-order valence-electron chi connectivity index (χ1n) is 9.08. The Kier molecular flexibility index (Phi) is 5.87. The Morgan fingerprint density at radius 1 is 1.18 bits per heavy atom. The number of rotatable bonds is 6. The molecule has 1 aromatic carbocycles. The summed E-state index contributed by atoms with van der Waals surface area (Å²) < 4.78 is 18.3. The number of fused-ring (bicyclic) bond motifs is 1. The van der Waals surface area contributed by atoms with Crippen LogP contribution in [0.5, 0.6) is 0 Å². The standard InChI is InChI=1S/C20H21FN2O5/c1-12-6-7-13(10-16(12)21)22-17(24)11-28-18(25)8-9-23-19(26)14-4-2-3-5-15(14)20(23)27/h2-3,6-7,10,14-15H,4-5,8-9,11H2,1H3,(H,22,24)/t14-,15+. The van der Waals surface area contributed by atoms with Crippen molar-refractivity contribution in [3.8, 4) is 0 Å². The average Bonchev–Trinajstić information content (AvgIpc) is 2.92. The number of amides is 3. The van der Waals surface area contributed by atoms with Gasteiger partial charge in [0, 0.05) is 12.2 Å². The van der Waals surface area contributed by atoms with Crippen LogP contribution in [-0.2, 0) is 23.9 Å². The van der Waals surface area contributed by atoms with Gasteiger partial charge in [-0.2, -0.15) is 0 Å². The zero-order chi connectivity index (χ0) is 20.3. The maximum Gasteiger partial charge on any atom is 0.308 e. The molecule has 0 aromatic heterocycles. The van der Waals surface area contributed by atoms with Crippen LogP contribution in [0, 0.1) is 24.6 Å². The van der Waals surface area contributed by atoms with Gasteiger partial charge in [0.1, 0.15) is 5.82 Å². The van der Waals surface area contributed by atoms with E-state index in [4.69, 9.17) is 4.74 Å². The van der Waals surface area contributed by atoms with Crippen molar-refractivity contribution in [1.29, 1.82) is 0 Å². The minimum atomic E-state index is -0.696. The number of carbonyl (C=O) groups is 4. The monoisotopic (exact) mass is 388 g/mol. The fourth-order valence-corrected chi connectivity index (χ4v) is 3.38. The van der Waals surface area contributed by atoms with Crippen molar-refractivity contribution in [2.75, 3.05) is 18.5 Å². The molecule has 1 heterocycles. The van der Waals surface area contributed by atoms with Gasteiger partial charge in [-0.05, 0) is 37.5 Å². The minimum absolute atomic E-state index is 0.0612. The number of imide groups is 1. The van der Waals surface area contributed by atoms with Gasteiger partial charge >= 0.3 is 5.97 Å². The van der Waals surface area contributed by atoms with E-state index in [0.717, 1.165) is 4.90 Å². The van der Waals surface area contributed by atoms with Crippen LogP contribution in [0.4, 0.5) is 10.1 Å². The molecular formula is C20H21FN2O5. The molecule has 148 valence electrons. The minimum Gasteiger partial charge on any atom is -0.456 e. The molecule has 7 nitrogen and oxygen atoms in total. The predicted octanol–water partition coefficient (Wildman–Crippen LogP) is 1.96. The number of nitrogens with one attached hydrogen (secondary N) is 1. The van der Waals surface area contributed by atoms with Crippen LogP contribution in [0.25, 0.3) is 0 Å². The SMILES string of the molecule is Cc1ccc(NC(=O)COC(=O)CCN2C(=O)[C@H]3CC=CC[C@H]3C2=O)cc1F. The van der Waals surface area contributed by atoms with Gasteiger partial charge in [-0.1, -0.05) is 18.2 Å². The summed E-state index contributed by atoms with van der Waals surface area (Å²) in [5.74, 6) is -2.95. The van der Waals surface area contributed by atoms with Gasteiger partial charge in [0.25, 0.3) is 5.91 Å². The van der Waals surface area contributed by atoms with Gasteiger partial charge in [-0.25, -0.2) is 4.39 Å². The first-order chi connectivity index (χ1) is 13.4. The summed E-state index contributed by atoms with van der Waals surface area (Å²) in [5, 5.41) is 2.43. The van der Waals surface area contributed by atoms with Crippen LogP contribution >= 0.6 is 0 Å². The summed E-state index contributed by atoms with van der Waals surface area (Å²) >= 11 is 0. The van der Waals surface area contributed by atoms with Gasteiger partial charge in [-0.3, -0.25) is 24.1 Å². The number of hydrogen-bond acceptors (Lipinski definition) is 5. The van der Waals surface area contributed by atoms with Gasteiger partial charge in [-0.15, -0.1) is 0 Å². The first kappa shape index (κ1) is 19.7. The van der Waals surface area contributed by atoms with Crippen molar-refractivity contribution in [3.63, 3.8) is 0 Å². The maximum atomic E-state index is 13.5. The van der Waals surface area contributed by atoms with E-state index in [1.807, 2.05) is 12.2 Å². The zero-order valence-corrected chi connectivity index (χ0v) is 15.4. The van der Waals surface area contributed by atoms with Crippen molar-refractivity contribution < 1.29 is 28.3 Å². The number of aryl methyl sites for hydroxylation is 1. The number of benzene rings is 1. The van der Waals surface area contributed by atoms with E-state index in [0.29, 0.717) is 18.4 Å². The quantitative estimate of drug-likeness (QED) is 0.457. The molecule has 0 bridgehead atoms. The smallest absolute Gasteiger partial charge is 0.308 e. The Balaban J connectivity index is 1.43. The summed E-state index contributed by atoms with van der Waals surface area (Å²) in [5.41, 5.74) is 0.708. The number of hydrogen-bond donors (Lipinski definition) is 1. The molecule has 1 aromatic rings. The number of ether oxygens (including phenoxy) is 1. The number of nitrogens with zero attached hydrogens (tertiary/aromatic N) is 1. The van der Waals surface area contributed by atoms with Crippen LogP contribution in [0.2, 0.25) is 0 Å². The topological polar surface area (TPSA) is 92.8 Å². The lowest BCUT2D eigenvalue weighted by Crippen LogP contribution is -2.33. The third-order valence-electron chi connectivity index (χ3n) is 4.96. The second-order valence-electron chi connectivity index (χ2n) is 6.91. The third-order valence-corrected chi connectivity index (χ3v) is 4.96. The van der Waals surface area contributed by atoms with Crippen LogP contribution in [0.3, 0.4) is 0 Å². The lowest BCUT2D eigenvalue weighted by molar-refractivity contribution is -0.148. The molecule has 1 aliphatic carbocycles. The third kappa shape index (κ3) is 4.27. The van der Waals surface area contributed by atoms with Gasteiger partial charge in [0.15, 0.2) is 6.61 Å². The number of allylic oxidation sites excluding steroid dienone is 2. The summed E-state index contributed by atoms with van der Waals surface area (Å²) in [6, 6.07) is 4.24. The molecule has 3 amide bonds. The Morgan fingerprint density at radius 2 is 1.82 bits per heavy atom. The first-order valence-corrected chi connectivity index (χ1v) is 9.08. The molecule has 0 saturated carbocycles. The average molecular weight is 388 g/mol. The van der Waals surface area contributed by atoms with E-state index < -0.39 is 24.3 Å². The second-order valence-corrected chi connectivity index (χ2v) is 6.91. The summed E-state index contributed by atoms with van der Waals surface area (Å²) in [6.45, 7) is 1.00. The van der Waals surface area contributed by atoms with E-state index in [2.05, 4.69) is 5.32 Å². The van der Waals surface area contributed by atoms with Crippen LogP contribution < -0.4 is 5.32 Å². The fraction of sp³-hybridized carbons (Fsp3) is 0.400. The Labute approximate surface area is 161 Å². The number of halogens is 1. The summed E-state index contributed by atoms with van der Waals surface area (Å²) in [7, 11) is 0. The van der Waals surface area contributed by atoms with Crippen LogP contribution in [0.15, 0.2) is 30.4 Å². The van der Waals surface area contributed by atoms with Crippen molar-refractivity contribution in [3.05, 3.63) is 41.7 Å². The van der Waals surface area contributed by atoms with E-state index in [-0.39, 0.29) is 42.3 Å². The maximum absolute atomic E-state index is 13.5. The highest BCUT2D eigenvalue weighted by molar-refractivity contribution is 6.05. The number of carbonyl (C=O) groups excluding carboxylic acids is 4. The molecule has 28 heavy (non-hydrogen) atoms. The summed E-state index contributed by atoms with van der Waals surface area (Å²) in [4.78, 5) is 49.4. The van der Waals surface area contributed by atoms with Crippen molar-refractivity contribution in [2.24, 2.45) is 11.8 Å². The predicted molar refractivity (Wildman–Crippen MR) is 97.4 cm³/mol. The largest absolute Gasteiger partial charge is 0.456 e. The lowest BCUT2D eigenvalue weighted by Gasteiger charge is -2.14. The molecule has 3 rings (SSSR count). The van der Waals surface area contributed by atoms with E-state index >= 15 is 0 Å². The van der Waals surface area contributed by atoms with E-state index in [1.165, 1.54) is 18.2 Å². The number of esters is 1. The molecule has 1 fully saturated rings. The van der Waals surface area contributed by atoms with E-state index in [1.54, 1.807) is 6.92 Å². The highest BCUT2D eigenvalue weighted by atomic mass is 19.1. The molecule has 1 aliphatic heterocycles. The Hall–Kier alpha value is -3.03. The molecule has 2 atom stereocenters. The van der Waals surface area contributed by atoms with Gasteiger partial charge in [0.05, 0.1) is 18.3 Å².